The summed E-state index contributed by atoms with van der Waals surface area (Å²) in [5.74, 6) is 0.334. The summed E-state index contributed by atoms with van der Waals surface area (Å²) in [6.45, 7) is 4.77. The number of benzene rings is 1. The van der Waals surface area contributed by atoms with Gasteiger partial charge in [0.15, 0.2) is 10.4 Å². The summed E-state index contributed by atoms with van der Waals surface area (Å²) in [6, 6.07) is 10.4. The second kappa shape index (κ2) is 7.97. The number of amides is 2. The van der Waals surface area contributed by atoms with Gasteiger partial charge < -0.3 is 15.1 Å². The Morgan fingerprint density at radius 2 is 1.83 bits per heavy atom. The van der Waals surface area contributed by atoms with Crippen LogP contribution in [-0.4, -0.2) is 18.4 Å². The van der Waals surface area contributed by atoms with Gasteiger partial charge in [-0.25, -0.2) is 0 Å². The van der Waals surface area contributed by atoms with Gasteiger partial charge in [0.25, 0.3) is 5.91 Å². The molecule has 2 aromatic rings. The molecule has 0 bridgehead atoms. The minimum absolute atomic E-state index is 0.00378. The van der Waals surface area contributed by atoms with Crippen molar-refractivity contribution in [1.29, 1.82) is 0 Å². The van der Waals surface area contributed by atoms with Gasteiger partial charge in [-0.05, 0) is 51.7 Å². The van der Waals surface area contributed by atoms with Crippen molar-refractivity contribution >= 4 is 33.4 Å². The molecular formula is C17H19BrN2O3. The Morgan fingerprint density at radius 1 is 1.13 bits per heavy atom. The van der Waals surface area contributed by atoms with E-state index < -0.39 is 0 Å². The summed E-state index contributed by atoms with van der Waals surface area (Å²) in [7, 11) is 0. The van der Waals surface area contributed by atoms with Crippen molar-refractivity contribution in [3.05, 3.63) is 52.4 Å². The van der Waals surface area contributed by atoms with Gasteiger partial charge in [0.1, 0.15) is 0 Å². The molecule has 122 valence electrons. The van der Waals surface area contributed by atoms with E-state index in [1.807, 2.05) is 12.1 Å². The minimum Gasteiger partial charge on any atom is -0.444 e. The Bertz CT molecular complexity index is 677. The molecule has 0 saturated carbocycles. The number of nitrogens with one attached hydrogen (secondary N) is 2. The summed E-state index contributed by atoms with van der Waals surface area (Å²) in [4.78, 5) is 23.7. The third-order valence-electron chi connectivity index (χ3n) is 3.08. The molecule has 1 aromatic carbocycles. The molecule has 0 spiro atoms. The second-order valence-corrected chi connectivity index (χ2v) is 6.41. The lowest BCUT2D eigenvalue weighted by Crippen LogP contribution is -2.28. The lowest BCUT2D eigenvalue weighted by atomic mass is 10.1. The monoisotopic (exact) mass is 378 g/mol. The minimum atomic E-state index is -0.321. The smallest absolute Gasteiger partial charge is 0.291 e. The predicted octanol–water partition coefficient (Wildman–Crippen LogP) is 3.61. The van der Waals surface area contributed by atoms with E-state index in [1.54, 1.807) is 24.3 Å². The fourth-order valence-corrected chi connectivity index (χ4v) is 2.21. The molecule has 0 fully saturated rings. The highest BCUT2D eigenvalue weighted by molar-refractivity contribution is 9.10. The molecule has 0 aliphatic rings. The van der Waals surface area contributed by atoms with E-state index >= 15 is 0 Å². The van der Waals surface area contributed by atoms with E-state index in [-0.39, 0.29) is 17.6 Å². The Kier molecular flexibility index (Phi) is 5.98. The molecule has 2 N–H and O–H groups in total. The van der Waals surface area contributed by atoms with Crippen molar-refractivity contribution in [3.63, 3.8) is 0 Å². The van der Waals surface area contributed by atoms with Crippen LogP contribution in [0.2, 0.25) is 0 Å². The lowest BCUT2D eigenvalue weighted by molar-refractivity contribution is -0.120. The van der Waals surface area contributed by atoms with Crippen LogP contribution in [0.5, 0.6) is 0 Å². The summed E-state index contributed by atoms with van der Waals surface area (Å²) < 4.78 is 5.70. The molecule has 1 heterocycles. The van der Waals surface area contributed by atoms with Crippen molar-refractivity contribution in [3.8, 4) is 0 Å². The van der Waals surface area contributed by atoms with Gasteiger partial charge in [0.2, 0.25) is 5.91 Å². The first-order valence-electron chi connectivity index (χ1n) is 7.36. The highest BCUT2D eigenvalue weighted by Gasteiger charge is 2.11. The van der Waals surface area contributed by atoms with Crippen LogP contribution in [0.25, 0.3) is 0 Å². The van der Waals surface area contributed by atoms with Crippen LogP contribution in [0.1, 0.15) is 30.0 Å². The molecule has 1 aromatic heterocycles. The van der Waals surface area contributed by atoms with E-state index in [0.29, 0.717) is 29.2 Å². The SMILES string of the molecule is CC(C)CNC(=O)Cc1ccc(NC(=O)c2ccc(Br)o2)cc1. The molecule has 0 aliphatic carbocycles. The average Bonchev–Trinajstić information content (AvgIpc) is 2.94. The number of hydrogen-bond acceptors (Lipinski definition) is 3. The Balaban J connectivity index is 1.89. The van der Waals surface area contributed by atoms with Crippen LogP contribution >= 0.6 is 15.9 Å². The molecule has 0 aliphatic heterocycles. The van der Waals surface area contributed by atoms with Crippen molar-refractivity contribution in [2.75, 3.05) is 11.9 Å². The average molecular weight is 379 g/mol. The fraction of sp³-hybridized carbons (Fsp3) is 0.294. The van der Waals surface area contributed by atoms with Crippen molar-refractivity contribution < 1.29 is 14.0 Å². The van der Waals surface area contributed by atoms with Crippen molar-refractivity contribution in [1.82, 2.24) is 5.32 Å². The normalized spacial score (nSPS) is 10.6. The molecule has 0 radical (unpaired) electrons. The van der Waals surface area contributed by atoms with Gasteiger partial charge in [-0.3, -0.25) is 9.59 Å². The van der Waals surface area contributed by atoms with Crippen LogP contribution in [-0.2, 0) is 11.2 Å². The lowest BCUT2D eigenvalue weighted by Gasteiger charge is -2.08. The van der Waals surface area contributed by atoms with Crippen molar-refractivity contribution in [2.45, 2.75) is 20.3 Å². The maximum atomic E-state index is 11.9. The van der Waals surface area contributed by atoms with Gasteiger partial charge in [-0.1, -0.05) is 26.0 Å². The predicted molar refractivity (Wildman–Crippen MR) is 92.4 cm³/mol. The highest BCUT2D eigenvalue weighted by Crippen LogP contribution is 2.16. The zero-order valence-corrected chi connectivity index (χ0v) is 14.6. The first-order chi connectivity index (χ1) is 10.9. The van der Waals surface area contributed by atoms with Crippen LogP contribution < -0.4 is 10.6 Å². The van der Waals surface area contributed by atoms with Crippen LogP contribution in [0.15, 0.2) is 45.5 Å². The van der Waals surface area contributed by atoms with E-state index in [9.17, 15) is 9.59 Å². The molecule has 2 amide bonds. The topological polar surface area (TPSA) is 71.3 Å². The number of hydrogen-bond donors (Lipinski definition) is 2. The van der Waals surface area contributed by atoms with Gasteiger partial charge in [0, 0.05) is 12.2 Å². The summed E-state index contributed by atoms with van der Waals surface area (Å²) in [6.07, 6.45) is 0.325. The maximum absolute atomic E-state index is 11.9. The third kappa shape index (κ3) is 5.56. The number of carbonyl (C=O) groups is 2. The Labute approximate surface area is 143 Å². The zero-order chi connectivity index (χ0) is 16.8. The number of rotatable bonds is 6. The fourth-order valence-electron chi connectivity index (χ4n) is 1.90. The van der Waals surface area contributed by atoms with E-state index in [2.05, 4.69) is 40.4 Å². The molecule has 2 rings (SSSR count). The number of anilines is 1. The molecule has 0 unspecified atom stereocenters. The van der Waals surface area contributed by atoms with Crippen molar-refractivity contribution in [2.24, 2.45) is 5.92 Å². The molecular weight excluding hydrogens is 360 g/mol. The van der Waals surface area contributed by atoms with Crippen LogP contribution in [0, 0.1) is 5.92 Å². The molecule has 0 atom stereocenters. The molecule has 0 saturated heterocycles. The molecule has 23 heavy (non-hydrogen) atoms. The van der Waals surface area contributed by atoms with Gasteiger partial charge in [-0.2, -0.15) is 0 Å². The van der Waals surface area contributed by atoms with Crippen LogP contribution in [0.4, 0.5) is 5.69 Å². The highest BCUT2D eigenvalue weighted by atomic mass is 79.9. The van der Waals surface area contributed by atoms with E-state index in [0.717, 1.165) is 5.56 Å². The zero-order valence-electron chi connectivity index (χ0n) is 13.1. The third-order valence-corrected chi connectivity index (χ3v) is 3.51. The van der Waals surface area contributed by atoms with Crippen LogP contribution in [0.3, 0.4) is 0 Å². The Hall–Kier alpha value is -2.08. The summed E-state index contributed by atoms with van der Waals surface area (Å²) >= 11 is 3.16. The first kappa shape index (κ1) is 17.3. The summed E-state index contributed by atoms with van der Waals surface area (Å²) in [5.41, 5.74) is 1.54. The maximum Gasteiger partial charge on any atom is 0.291 e. The van der Waals surface area contributed by atoms with Gasteiger partial charge in [-0.15, -0.1) is 0 Å². The van der Waals surface area contributed by atoms with E-state index in [4.69, 9.17) is 4.42 Å². The molecule has 5 nitrogen and oxygen atoms in total. The molecule has 6 heteroatoms. The standard InChI is InChI=1S/C17H19BrN2O3/c1-11(2)10-19-16(21)9-12-3-5-13(6-4-12)20-17(22)14-7-8-15(18)23-14/h3-8,11H,9-10H2,1-2H3,(H,19,21)(H,20,22). The van der Waals surface area contributed by atoms with E-state index in [1.165, 1.54) is 0 Å². The first-order valence-corrected chi connectivity index (χ1v) is 8.15. The Morgan fingerprint density at radius 3 is 2.39 bits per heavy atom. The number of carbonyl (C=O) groups excluding carboxylic acids is 2. The second-order valence-electron chi connectivity index (χ2n) is 5.63. The quantitative estimate of drug-likeness (QED) is 0.806. The number of furan rings is 1. The van der Waals surface area contributed by atoms with Gasteiger partial charge in [0.05, 0.1) is 6.42 Å². The number of halogens is 1. The van der Waals surface area contributed by atoms with Gasteiger partial charge >= 0.3 is 0 Å². The largest absolute Gasteiger partial charge is 0.444 e. The summed E-state index contributed by atoms with van der Waals surface area (Å²) in [5, 5.41) is 5.61.